The highest BCUT2D eigenvalue weighted by atomic mass is 32.2. The Labute approximate surface area is 115 Å². The van der Waals surface area contributed by atoms with Crippen molar-refractivity contribution in [3.8, 4) is 0 Å². The zero-order valence-electron chi connectivity index (χ0n) is 10.6. The standard InChI is InChI=1S/C12H15FO4S2/c1-8(2)19(16,17)6-5-18-9-3-4-11(13)10(7-9)12(14)15/h3-4,7-8H,5-6H2,1-2H3,(H,14,15). The SMILES string of the molecule is CC(C)S(=O)(=O)CCSc1ccc(F)c(C(=O)O)c1. The van der Waals surface area contributed by atoms with Crippen LogP contribution in [-0.2, 0) is 9.84 Å². The zero-order valence-corrected chi connectivity index (χ0v) is 12.2. The van der Waals surface area contributed by atoms with E-state index < -0.39 is 32.4 Å². The van der Waals surface area contributed by atoms with Crippen molar-refractivity contribution in [2.24, 2.45) is 0 Å². The highest BCUT2D eigenvalue weighted by molar-refractivity contribution is 8.00. The molecule has 0 saturated heterocycles. The maximum atomic E-state index is 13.2. The Hall–Kier alpha value is -1.08. The minimum absolute atomic E-state index is 0.00904. The Bertz CT molecular complexity index is 567. The van der Waals surface area contributed by atoms with Crippen molar-refractivity contribution < 1.29 is 22.7 Å². The molecular formula is C12H15FO4S2. The van der Waals surface area contributed by atoms with Gasteiger partial charge >= 0.3 is 5.97 Å². The molecule has 106 valence electrons. The minimum atomic E-state index is -3.11. The average molecular weight is 306 g/mol. The van der Waals surface area contributed by atoms with Gasteiger partial charge in [0.05, 0.1) is 16.6 Å². The van der Waals surface area contributed by atoms with Gasteiger partial charge in [-0.1, -0.05) is 0 Å². The normalized spacial score (nSPS) is 11.8. The Kier molecular flexibility index (Phi) is 5.37. The predicted octanol–water partition coefficient (Wildman–Crippen LogP) is 2.44. The Morgan fingerprint density at radius 2 is 2.05 bits per heavy atom. The fourth-order valence-electron chi connectivity index (χ4n) is 1.27. The molecule has 0 heterocycles. The molecule has 1 aromatic carbocycles. The molecule has 0 fully saturated rings. The predicted molar refractivity (Wildman–Crippen MR) is 73.0 cm³/mol. The summed E-state index contributed by atoms with van der Waals surface area (Å²) in [5.41, 5.74) is -0.406. The Morgan fingerprint density at radius 1 is 1.42 bits per heavy atom. The van der Waals surface area contributed by atoms with Crippen molar-refractivity contribution in [3.63, 3.8) is 0 Å². The first-order valence-corrected chi connectivity index (χ1v) is 8.31. The molecule has 0 aliphatic carbocycles. The van der Waals surface area contributed by atoms with Crippen molar-refractivity contribution in [2.45, 2.75) is 24.0 Å². The molecule has 0 radical (unpaired) electrons. The molecule has 0 aliphatic heterocycles. The van der Waals surface area contributed by atoms with Crippen LogP contribution in [0.4, 0.5) is 4.39 Å². The third-order valence-electron chi connectivity index (χ3n) is 2.52. The van der Waals surface area contributed by atoms with E-state index in [0.29, 0.717) is 10.6 Å². The lowest BCUT2D eigenvalue weighted by Gasteiger charge is -2.07. The second kappa shape index (κ2) is 6.38. The molecule has 0 saturated carbocycles. The van der Waals surface area contributed by atoms with Crippen molar-refractivity contribution in [2.75, 3.05) is 11.5 Å². The van der Waals surface area contributed by atoms with E-state index >= 15 is 0 Å². The molecule has 1 rings (SSSR count). The minimum Gasteiger partial charge on any atom is -0.478 e. The summed E-state index contributed by atoms with van der Waals surface area (Å²) in [7, 11) is -3.11. The fraction of sp³-hybridized carbons (Fsp3) is 0.417. The van der Waals surface area contributed by atoms with Crippen LogP contribution in [0.1, 0.15) is 24.2 Å². The monoisotopic (exact) mass is 306 g/mol. The lowest BCUT2D eigenvalue weighted by molar-refractivity contribution is 0.0691. The number of rotatable bonds is 6. The second-order valence-electron chi connectivity index (χ2n) is 4.21. The molecule has 4 nitrogen and oxygen atoms in total. The van der Waals surface area contributed by atoms with Crippen LogP contribution in [0.5, 0.6) is 0 Å². The number of benzene rings is 1. The van der Waals surface area contributed by atoms with Gasteiger partial charge in [-0.3, -0.25) is 0 Å². The van der Waals surface area contributed by atoms with Gasteiger partial charge in [0.1, 0.15) is 5.82 Å². The highest BCUT2D eigenvalue weighted by Crippen LogP contribution is 2.22. The number of aromatic carboxylic acids is 1. The number of halogens is 1. The molecule has 0 aliphatic rings. The van der Waals surface area contributed by atoms with Gasteiger partial charge in [-0.15, -0.1) is 11.8 Å². The molecular weight excluding hydrogens is 291 g/mol. The number of hydrogen-bond donors (Lipinski definition) is 1. The number of carboxylic acids is 1. The molecule has 7 heteroatoms. The fourth-order valence-corrected chi connectivity index (χ4v) is 3.60. The average Bonchev–Trinajstić information content (AvgIpc) is 2.30. The summed E-state index contributed by atoms with van der Waals surface area (Å²) < 4.78 is 36.3. The summed E-state index contributed by atoms with van der Waals surface area (Å²) in [4.78, 5) is 11.3. The smallest absolute Gasteiger partial charge is 0.338 e. The van der Waals surface area contributed by atoms with E-state index in [9.17, 15) is 17.6 Å². The summed E-state index contributed by atoms with van der Waals surface area (Å²) in [5.74, 6) is -1.82. The molecule has 1 N–H and O–H groups in total. The first-order chi connectivity index (χ1) is 8.74. The summed E-state index contributed by atoms with van der Waals surface area (Å²) in [6.07, 6.45) is 0. The van der Waals surface area contributed by atoms with Gasteiger partial charge in [-0.25, -0.2) is 17.6 Å². The quantitative estimate of drug-likeness (QED) is 0.817. The van der Waals surface area contributed by atoms with Gasteiger partial charge in [0.15, 0.2) is 9.84 Å². The van der Waals surface area contributed by atoms with E-state index in [1.165, 1.54) is 23.9 Å². The third-order valence-corrected chi connectivity index (χ3v) is 5.99. The second-order valence-corrected chi connectivity index (χ2v) is 8.06. The lowest BCUT2D eigenvalue weighted by Crippen LogP contribution is -2.18. The van der Waals surface area contributed by atoms with Crippen LogP contribution in [0.2, 0.25) is 0 Å². The van der Waals surface area contributed by atoms with Crippen molar-refractivity contribution in [1.29, 1.82) is 0 Å². The van der Waals surface area contributed by atoms with Crippen LogP contribution in [0.3, 0.4) is 0 Å². The molecule has 0 atom stereocenters. The Morgan fingerprint density at radius 3 is 2.58 bits per heavy atom. The zero-order chi connectivity index (χ0) is 14.6. The molecule has 0 unspecified atom stereocenters. The number of carboxylic acid groups (broad SMARTS) is 1. The van der Waals surface area contributed by atoms with Gasteiger partial charge < -0.3 is 5.11 Å². The van der Waals surface area contributed by atoms with Crippen LogP contribution < -0.4 is 0 Å². The van der Waals surface area contributed by atoms with Gasteiger partial charge in [0, 0.05) is 10.6 Å². The van der Waals surface area contributed by atoms with Crippen LogP contribution in [0, 0.1) is 5.82 Å². The largest absolute Gasteiger partial charge is 0.478 e. The van der Waals surface area contributed by atoms with E-state index in [1.807, 2.05) is 0 Å². The van der Waals surface area contributed by atoms with Crippen molar-refractivity contribution in [3.05, 3.63) is 29.6 Å². The van der Waals surface area contributed by atoms with Gasteiger partial charge in [0.25, 0.3) is 0 Å². The number of hydrogen-bond acceptors (Lipinski definition) is 4. The summed E-state index contributed by atoms with van der Waals surface area (Å²) >= 11 is 1.20. The lowest BCUT2D eigenvalue weighted by atomic mass is 10.2. The topological polar surface area (TPSA) is 71.4 Å². The van der Waals surface area contributed by atoms with Gasteiger partial charge in [-0.05, 0) is 32.0 Å². The van der Waals surface area contributed by atoms with Crippen molar-refractivity contribution >= 4 is 27.6 Å². The van der Waals surface area contributed by atoms with E-state index in [0.717, 1.165) is 6.07 Å². The molecule has 0 spiro atoms. The molecule has 19 heavy (non-hydrogen) atoms. The number of carbonyl (C=O) groups is 1. The number of sulfone groups is 1. The summed E-state index contributed by atoms with van der Waals surface area (Å²) in [5, 5.41) is 8.34. The van der Waals surface area contributed by atoms with Crippen LogP contribution >= 0.6 is 11.8 Å². The highest BCUT2D eigenvalue weighted by Gasteiger charge is 2.16. The van der Waals surface area contributed by atoms with Gasteiger partial charge in [0.2, 0.25) is 0 Å². The van der Waals surface area contributed by atoms with E-state index in [4.69, 9.17) is 5.11 Å². The van der Waals surface area contributed by atoms with Crippen LogP contribution in [0.25, 0.3) is 0 Å². The van der Waals surface area contributed by atoms with Crippen molar-refractivity contribution in [1.82, 2.24) is 0 Å². The summed E-state index contributed by atoms with van der Waals surface area (Å²) in [6, 6.07) is 3.72. The Balaban J connectivity index is 2.70. The molecule has 0 bridgehead atoms. The first kappa shape index (κ1) is 16.0. The molecule has 0 aromatic heterocycles. The van der Waals surface area contributed by atoms with E-state index in [1.54, 1.807) is 13.8 Å². The third kappa shape index (κ3) is 4.50. The maximum absolute atomic E-state index is 13.2. The molecule has 0 amide bonds. The molecule has 1 aromatic rings. The number of thioether (sulfide) groups is 1. The van der Waals surface area contributed by atoms with Crippen LogP contribution in [-0.4, -0.2) is 36.2 Å². The van der Waals surface area contributed by atoms with Gasteiger partial charge in [-0.2, -0.15) is 0 Å². The van der Waals surface area contributed by atoms with Crippen LogP contribution in [0.15, 0.2) is 23.1 Å². The van der Waals surface area contributed by atoms with E-state index in [2.05, 4.69) is 0 Å². The van der Waals surface area contributed by atoms with E-state index in [-0.39, 0.29) is 5.75 Å². The summed E-state index contributed by atoms with van der Waals surface area (Å²) in [6.45, 7) is 3.22. The first-order valence-electron chi connectivity index (χ1n) is 5.61. The maximum Gasteiger partial charge on any atom is 0.338 e.